The molecule has 0 aliphatic carbocycles. The van der Waals surface area contributed by atoms with Crippen molar-refractivity contribution >= 4 is 28.7 Å². The van der Waals surface area contributed by atoms with Gasteiger partial charge in [0, 0.05) is 6.42 Å². The van der Waals surface area contributed by atoms with Crippen molar-refractivity contribution in [3.8, 4) is 5.75 Å². The summed E-state index contributed by atoms with van der Waals surface area (Å²) in [7, 11) is 1.39. The third-order valence-corrected chi connectivity index (χ3v) is 4.50. The van der Waals surface area contributed by atoms with E-state index in [0.29, 0.717) is 15.5 Å². The van der Waals surface area contributed by atoms with E-state index < -0.39 is 5.82 Å². The van der Waals surface area contributed by atoms with Crippen LogP contribution in [0.4, 0.5) is 4.39 Å². The van der Waals surface area contributed by atoms with Gasteiger partial charge >= 0.3 is 0 Å². The number of rotatable bonds is 4. The molecule has 2 rings (SSSR count). The average Bonchev–Trinajstić information content (AvgIpc) is 2.72. The molecule has 0 radical (unpaired) electrons. The monoisotopic (exact) mass is 298 g/mol. The first-order valence-corrected chi connectivity index (χ1v) is 6.88. The van der Waals surface area contributed by atoms with E-state index in [4.69, 9.17) is 16.3 Å². The minimum absolute atomic E-state index is 0.0251. The topological polar surface area (TPSA) is 26.3 Å². The van der Waals surface area contributed by atoms with Crippen LogP contribution in [0.25, 0.3) is 0 Å². The van der Waals surface area contributed by atoms with E-state index in [1.807, 2.05) is 12.3 Å². The minimum atomic E-state index is -0.497. The molecular formula is C14H12ClFO2S. The summed E-state index contributed by atoms with van der Waals surface area (Å²) in [6.45, 7) is 1.84. The Kier molecular flexibility index (Phi) is 4.22. The quantitative estimate of drug-likeness (QED) is 0.787. The number of halogens is 2. The van der Waals surface area contributed by atoms with Crippen LogP contribution in [-0.2, 0) is 6.42 Å². The van der Waals surface area contributed by atoms with Crippen molar-refractivity contribution in [3.63, 3.8) is 0 Å². The highest BCUT2D eigenvalue weighted by Crippen LogP contribution is 2.29. The second kappa shape index (κ2) is 5.72. The van der Waals surface area contributed by atoms with Crippen molar-refractivity contribution in [3.05, 3.63) is 50.4 Å². The molecule has 0 unspecified atom stereocenters. The molecule has 1 aromatic carbocycles. The predicted octanol–water partition coefficient (Wildman–Crippen LogP) is 4.28. The van der Waals surface area contributed by atoms with Crippen LogP contribution in [0.2, 0.25) is 5.02 Å². The van der Waals surface area contributed by atoms with E-state index in [-0.39, 0.29) is 18.0 Å². The normalized spacial score (nSPS) is 10.5. The summed E-state index contributed by atoms with van der Waals surface area (Å²) in [6.07, 6.45) is -0.0251. The lowest BCUT2D eigenvalue weighted by Crippen LogP contribution is -2.05. The third-order valence-electron chi connectivity index (χ3n) is 2.77. The number of benzene rings is 1. The van der Waals surface area contributed by atoms with Gasteiger partial charge in [-0.15, -0.1) is 11.3 Å². The first-order chi connectivity index (χ1) is 9.04. The van der Waals surface area contributed by atoms with Gasteiger partial charge in [-0.3, -0.25) is 4.79 Å². The van der Waals surface area contributed by atoms with E-state index in [0.717, 1.165) is 5.56 Å². The Morgan fingerprint density at radius 3 is 2.79 bits per heavy atom. The Morgan fingerprint density at radius 2 is 2.21 bits per heavy atom. The lowest BCUT2D eigenvalue weighted by molar-refractivity contribution is 0.0995. The molecule has 0 amide bonds. The highest BCUT2D eigenvalue weighted by molar-refractivity contribution is 7.13. The Balaban J connectivity index is 2.27. The number of hydrogen-bond acceptors (Lipinski definition) is 3. The maximum absolute atomic E-state index is 13.9. The Hall–Kier alpha value is -1.39. The molecule has 0 saturated heterocycles. The SMILES string of the molecule is COc1cccc(CC(=O)c2scc(C)c2Cl)c1F. The largest absolute Gasteiger partial charge is 0.494 e. The number of ketones is 1. The molecule has 5 heteroatoms. The Morgan fingerprint density at radius 1 is 1.47 bits per heavy atom. The molecular weight excluding hydrogens is 287 g/mol. The number of carbonyl (C=O) groups excluding carboxylic acids is 1. The maximum Gasteiger partial charge on any atom is 0.178 e. The van der Waals surface area contributed by atoms with Gasteiger partial charge in [0.25, 0.3) is 0 Å². The van der Waals surface area contributed by atoms with Crippen molar-refractivity contribution in [1.82, 2.24) is 0 Å². The van der Waals surface area contributed by atoms with Gasteiger partial charge < -0.3 is 4.74 Å². The molecule has 1 heterocycles. The van der Waals surface area contributed by atoms with Crippen LogP contribution in [-0.4, -0.2) is 12.9 Å². The number of methoxy groups -OCH3 is 1. The van der Waals surface area contributed by atoms with Gasteiger partial charge in [-0.1, -0.05) is 23.7 Å². The summed E-state index contributed by atoms with van der Waals surface area (Å²) >= 11 is 7.32. The molecule has 2 aromatic rings. The fraction of sp³-hybridized carbons (Fsp3) is 0.214. The van der Waals surface area contributed by atoms with E-state index >= 15 is 0 Å². The summed E-state index contributed by atoms with van der Waals surface area (Å²) in [5.74, 6) is -0.545. The van der Waals surface area contributed by atoms with Crippen LogP contribution >= 0.6 is 22.9 Å². The molecule has 0 fully saturated rings. The zero-order valence-electron chi connectivity index (χ0n) is 10.5. The summed E-state index contributed by atoms with van der Waals surface area (Å²) in [5, 5.41) is 2.27. The Bertz CT molecular complexity index is 622. The van der Waals surface area contributed by atoms with E-state index in [1.54, 1.807) is 12.1 Å². The Labute approximate surface area is 119 Å². The van der Waals surface area contributed by atoms with Gasteiger partial charge in [0.2, 0.25) is 0 Å². The number of ether oxygens (including phenoxy) is 1. The molecule has 0 aliphatic rings. The van der Waals surface area contributed by atoms with Crippen molar-refractivity contribution in [1.29, 1.82) is 0 Å². The zero-order valence-corrected chi connectivity index (χ0v) is 12.1. The molecule has 2 nitrogen and oxygen atoms in total. The molecule has 19 heavy (non-hydrogen) atoms. The van der Waals surface area contributed by atoms with Crippen LogP contribution in [0.5, 0.6) is 5.75 Å². The highest BCUT2D eigenvalue weighted by atomic mass is 35.5. The smallest absolute Gasteiger partial charge is 0.178 e. The van der Waals surface area contributed by atoms with E-state index in [9.17, 15) is 9.18 Å². The second-order valence-electron chi connectivity index (χ2n) is 4.10. The lowest BCUT2D eigenvalue weighted by atomic mass is 10.1. The molecule has 0 bridgehead atoms. The highest BCUT2D eigenvalue weighted by Gasteiger charge is 2.18. The first-order valence-electron chi connectivity index (χ1n) is 5.62. The third kappa shape index (κ3) is 2.80. The van der Waals surface area contributed by atoms with Crippen molar-refractivity contribution in [2.75, 3.05) is 7.11 Å². The van der Waals surface area contributed by atoms with Crippen LogP contribution in [0, 0.1) is 12.7 Å². The molecule has 0 aliphatic heterocycles. The molecule has 1 aromatic heterocycles. The van der Waals surface area contributed by atoms with Gasteiger partial charge in [-0.2, -0.15) is 0 Å². The van der Waals surface area contributed by atoms with Crippen LogP contribution < -0.4 is 4.74 Å². The van der Waals surface area contributed by atoms with Crippen molar-refractivity contribution in [2.45, 2.75) is 13.3 Å². The number of Topliss-reactive ketones (excluding diaryl/α,β-unsaturated/α-hetero) is 1. The van der Waals surface area contributed by atoms with Crippen molar-refractivity contribution < 1.29 is 13.9 Å². The van der Waals surface area contributed by atoms with Gasteiger partial charge in [-0.05, 0) is 29.5 Å². The lowest BCUT2D eigenvalue weighted by Gasteiger charge is -2.06. The number of carbonyl (C=O) groups is 1. The average molecular weight is 299 g/mol. The fourth-order valence-electron chi connectivity index (χ4n) is 1.72. The standard InChI is InChI=1S/C14H12ClFO2S/c1-8-7-19-14(12(8)15)10(17)6-9-4-3-5-11(18-2)13(9)16/h3-5,7H,6H2,1-2H3. The van der Waals surface area contributed by atoms with Gasteiger partial charge in [0.1, 0.15) is 0 Å². The van der Waals surface area contributed by atoms with E-state index in [2.05, 4.69) is 0 Å². The number of hydrogen-bond donors (Lipinski definition) is 0. The molecule has 0 atom stereocenters. The first kappa shape index (κ1) is 14.0. The second-order valence-corrected chi connectivity index (χ2v) is 5.35. The van der Waals surface area contributed by atoms with Gasteiger partial charge in [0.15, 0.2) is 17.3 Å². The summed E-state index contributed by atoms with van der Waals surface area (Å²) in [4.78, 5) is 12.6. The van der Waals surface area contributed by atoms with Crippen LogP contribution in [0.15, 0.2) is 23.6 Å². The molecule has 100 valence electrons. The van der Waals surface area contributed by atoms with Gasteiger partial charge in [0.05, 0.1) is 17.0 Å². The molecule has 0 N–H and O–H groups in total. The summed E-state index contributed by atoms with van der Waals surface area (Å²) < 4.78 is 18.8. The number of aryl methyl sites for hydroxylation is 1. The zero-order chi connectivity index (χ0) is 14.0. The van der Waals surface area contributed by atoms with Crippen LogP contribution in [0.3, 0.4) is 0 Å². The minimum Gasteiger partial charge on any atom is -0.494 e. The maximum atomic E-state index is 13.9. The van der Waals surface area contributed by atoms with E-state index in [1.165, 1.54) is 24.5 Å². The summed E-state index contributed by atoms with van der Waals surface area (Å²) in [6, 6.07) is 4.75. The van der Waals surface area contributed by atoms with Crippen molar-refractivity contribution in [2.24, 2.45) is 0 Å². The number of thiophene rings is 1. The fourth-order valence-corrected chi connectivity index (χ4v) is 2.96. The summed E-state index contributed by atoms with van der Waals surface area (Å²) in [5.41, 5.74) is 1.17. The molecule has 0 saturated carbocycles. The predicted molar refractivity (Wildman–Crippen MR) is 75.1 cm³/mol. The van der Waals surface area contributed by atoms with Gasteiger partial charge in [-0.25, -0.2) is 4.39 Å². The molecule has 0 spiro atoms. The van der Waals surface area contributed by atoms with Crippen LogP contribution in [0.1, 0.15) is 20.8 Å².